The molecular weight excluding hydrogens is 404 g/mol. The van der Waals surface area contributed by atoms with E-state index >= 15 is 0 Å². The fourth-order valence-corrected chi connectivity index (χ4v) is 4.20. The molecule has 0 aliphatic rings. The Balaban J connectivity index is 1.60. The van der Waals surface area contributed by atoms with Crippen LogP contribution in [0.5, 0.6) is 0 Å². The van der Waals surface area contributed by atoms with Crippen molar-refractivity contribution in [3.8, 4) is 5.69 Å². The summed E-state index contributed by atoms with van der Waals surface area (Å²) >= 11 is 7.46. The third-order valence-electron chi connectivity index (χ3n) is 4.64. The zero-order chi connectivity index (χ0) is 20.4. The summed E-state index contributed by atoms with van der Waals surface area (Å²) in [6.07, 6.45) is 0. The summed E-state index contributed by atoms with van der Waals surface area (Å²) in [5.41, 5.74) is 2.81. The van der Waals surface area contributed by atoms with Gasteiger partial charge in [0.2, 0.25) is 5.91 Å². The molecule has 4 aromatic rings. The maximum Gasteiger partial charge on any atom is 0.234 e. The molecule has 0 saturated carbocycles. The van der Waals surface area contributed by atoms with E-state index < -0.39 is 0 Å². The number of rotatable bonds is 5. The van der Waals surface area contributed by atoms with Gasteiger partial charge in [0.1, 0.15) is 5.82 Å². The monoisotopic (exact) mass is 422 g/mol. The Morgan fingerprint density at radius 2 is 1.72 bits per heavy atom. The van der Waals surface area contributed by atoms with Crippen molar-refractivity contribution in [2.24, 2.45) is 0 Å². The molecule has 1 amide bonds. The first-order chi connectivity index (χ1) is 14.0. The summed E-state index contributed by atoms with van der Waals surface area (Å²) in [4.78, 5) is 12.4. The zero-order valence-corrected chi connectivity index (χ0v) is 17.6. The number of benzene rings is 3. The molecule has 0 aliphatic heterocycles. The van der Waals surface area contributed by atoms with E-state index in [0.29, 0.717) is 15.9 Å². The lowest BCUT2D eigenvalue weighted by atomic mass is 10.0. The summed E-state index contributed by atoms with van der Waals surface area (Å²) in [6, 6.07) is 19.6. The third-order valence-corrected chi connectivity index (χ3v) is 5.89. The third kappa shape index (κ3) is 3.99. The molecule has 29 heavy (non-hydrogen) atoms. The van der Waals surface area contributed by atoms with Gasteiger partial charge in [0.05, 0.1) is 22.2 Å². The Morgan fingerprint density at radius 3 is 2.52 bits per heavy atom. The molecule has 0 atom stereocenters. The van der Waals surface area contributed by atoms with Crippen LogP contribution >= 0.6 is 23.4 Å². The van der Waals surface area contributed by atoms with Gasteiger partial charge in [-0.1, -0.05) is 65.8 Å². The molecule has 3 aromatic carbocycles. The average molecular weight is 423 g/mol. The summed E-state index contributed by atoms with van der Waals surface area (Å²) in [5, 5.41) is 14.9. The van der Waals surface area contributed by atoms with E-state index in [4.69, 9.17) is 11.6 Å². The Labute approximate surface area is 178 Å². The largest absolute Gasteiger partial charge is 0.324 e. The van der Waals surface area contributed by atoms with Crippen LogP contribution in [-0.4, -0.2) is 26.4 Å². The van der Waals surface area contributed by atoms with E-state index in [1.54, 1.807) is 12.1 Å². The number of fused-ring (bicyclic) bond motifs is 1. The summed E-state index contributed by atoms with van der Waals surface area (Å²) in [5.74, 6) is 0.824. The van der Waals surface area contributed by atoms with Gasteiger partial charge in [0.25, 0.3) is 0 Å². The van der Waals surface area contributed by atoms with E-state index in [-0.39, 0.29) is 11.7 Å². The Morgan fingerprint density at radius 1 is 1.00 bits per heavy atom. The van der Waals surface area contributed by atoms with Crippen molar-refractivity contribution >= 4 is 45.7 Å². The molecule has 0 radical (unpaired) electrons. The number of hydrogen-bond acceptors (Lipinski definition) is 4. The van der Waals surface area contributed by atoms with Gasteiger partial charge in [-0.15, -0.1) is 10.2 Å². The second-order valence-corrected chi connectivity index (χ2v) is 7.98. The van der Waals surface area contributed by atoms with Crippen LogP contribution < -0.4 is 5.32 Å². The second-order valence-electron chi connectivity index (χ2n) is 6.63. The number of para-hydroxylation sites is 1. The topological polar surface area (TPSA) is 59.8 Å². The Hall–Kier alpha value is -2.83. The molecule has 4 rings (SSSR count). The number of carbonyl (C=O) groups excluding carboxylic acids is 1. The van der Waals surface area contributed by atoms with Crippen molar-refractivity contribution in [3.05, 3.63) is 77.1 Å². The molecule has 1 N–H and O–H groups in total. The lowest BCUT2D eigenvalue weighted by molar-refractivity contribution is -0.113. The number of anilines is 1. The van der Waals surface area contributed by atoms with Gasteiger partial charge in [-0.2, -0.15) is 0 Å². The van der Waals surface area contributed by atoms with Crippen LogP contribution in [0.15, 0.2) is 65.8 Å². The van der Waals surface area contributed by atoms with Crippen molar-refractivity contribution in [1.29, 1.82) is 0 Å². The number of hydrogen-bond donors (Lipinski definition) is 1. The van der Waals surface area contributed by atoms with Gasteiger partial charge in [-0.3, -0.25) is 9.36 Å². The average Bonchev–Trinajstić information content (AvgIpc) is 3.09. The highest BCUT2D eigenvalue weighted by Crippen LogP contribution is 2.30. The first-order valence-corrected chi connectivity index (χ1v) is 10.5. The van der Waals surface area contributed by atoms with Crippen molar-refractivity contribution in [2.45, 2.75) is 19.0 Å². The van der Waals surface area contributed by atoms with E-state index in [0.717, 1.165) is 16.9 Å². The fourth-order valence-electron chi connectivity index (χ4n) is 3.22. The minimum atomic E-state index is -0.149. The van der Waals surface area contributed by atoms with Crippen molar-refractivity contribution in [3.63, 3.8) is 0 Å². The molecule has 0 aliphatic carbocycles. The van der Waals surface area contributed by atoms with Gasteiger partial charge in [0, 0.05) is 5.39 Å². The minimum Gasteiger partial charge on any atom is -0.324 e. The smallest absolute Gasteiger partial charge is 0.234 e. The van der Waals surface area contributed by atoms with Gasteiger partial charge in [0.15, 0.2) is 5.16 Å². The van der Waals surface area contributed by atoms with Crippen LogP contribution in [0.1, 0.15) is 11.4 Å². The quantitative estimate of drug-likeness (QED) is 0.436. The van der Waals surface area contributed by atoms with E-state index in [1.807, 2.05) is 35.8 Å². The zero-order valence-electron chi connectivity index (χ0n) is 16.0. The van der Waals surface area contributed by atoms with Crippen LogP contribution in [0.2, 0.25) is 5.02 Å². The predicted octanol–water partition coefficient (Wildman–Crippen LogP) is 5.42. The van der Waals surface area contributed by atoms with Gasteiger partial charge in [-0.05, 0) is 43.0 Å². The Bertz CT molecular complexity index is 1200. The number of aryl methyl sites for hydroxylation is 2. The number of thioether (sulfide) groups is 1. The van der Waals surface area contributed by atoms with Gasteiger partial charge < -0.3 is 5.32 Å². The van der Waals surface area contributed by atoms with Crippen molar-refractivity contribution < 1.29 is 4.79 Å². The van der Waals surface area contributed by atoms with E-state index in [1.165, 1.54) is 22.7 Å². The molecule has 0 fully saturated rings. The number of aromatic nitrogens is 3. The molecule has 1 aromatic heterocycles. The minimum absolute atomic E-state index is 0.149. The normalized spacial score (nSPS) is 11.0. The van der Waals surface area contributed by atoms with Crippen LogP contribution in [0.3, 0.4) is 0 Å². The van der Waals surface area contributed by atoms with E-state index in [2.05, 4.69) is 46.7 Å². The maximum atomic E-state index is 12.4. The lowest BCUT2D eigenvalue weighted by Crippen LogP contribution is -2.15. The predicted molar refractivity (Wildman–Crippen MR) is 119 cm³/mol. The highest BCUT2D eigenvalue weighted by Gasteiger charge is 2.16. The standard InChI is InChI=1S/C22H19ClN4OS/c1-14-11-12-20(17-8-4-3-7-16(14)17)27-15(2)25-26-22(27)29-13-21(28)24-19-10-6-5-9-18(19)23/h3-12H,13H2,1-2H3,(H,24,28). The molecule has 0 bridgehead atoms. The van der Waals surface area contributed by atoms with Crippen molar-refractivity contribution in [1.82, 2.24) is 14.8 Å². The van der Waals surface area contributed by atoms with Crippen LogP contribution in [0, 0.1) is 13.8 Å². The highest BCUT2D eigenvalue weighted by atomic mass is 35.5. The molecule has 0 spiro atoms. The SMILES string of the molecule is Cc1ccc(-n2c(C)nnc2SCC(=O)Nc2ccccc2Cl)c2ccccc12. The van der Waals surface area contributed by atoms with Crippen LogP contribution in [0.25, 0.3) is 16.5 Å². The lowest BCUT2D eigenvalue weighted by Gasteiger charge is -2.13. The highest BCUT2D eigenvalue weighted by molar-refractivity contribution is 7.99. The number of carbonyl (C=O) groups is 1. The summed E-state index contributed by atoms with van der Waals surface area (Å²) in [6.45, 7) is 4.01. The number of nitrogens with zero attached hydrogens (tertiary/aromatic N) is 3. The van der Waals surface area contributed by atoms with Crippen molar-refractivity contribution in [2.75, 3.05) is 11.1 Å². The summed E-state index contributed by atoms with van der Waals surface area (Å²) < 4.78 is 2.00. The molecule has 5 nitrogen and oxygen atoms in total. The molecule has 0 saturated heterocycles. The Kier molecular flexibility index (Phi) is 5.56. The maximum absolute atomic E-state index is 12.4. The van der Waals surface area contributed by atoms with Crippen LogP contribution in [0.4, 0.5) is 5.69 Å². The number of halogens is 1. The first kappa shape index (κ1) is 19.5. The number of nitrogens with one attached hydrogen (secondary N) is 1. The molecule has 7 heteroatoms. The second kappa shape index (κ2) is 8.27. The molecule has 0 unspecified atom stereocenters. The van der Waals surface area contributed by atoms with Gasteiger partial charge in [-0.25, -0.2) is 0 Å². The van der Waals surface area contributed by atoms with Crippen LogP contribution in [-0.2, 0) is 4.79 Å². The molecule has 1 heterocycles. The number of amides is 1. The molecular formula is C22H19ClN4OS. The van der Waals surface area contributed by atoms with E-state index in [9.17, 15) is 4.79 Å². The molecule has 146 valence electrons. The fraction of sp³-hybridized carbons (Fsp3) is 0.136. The first-order valence-electron chi connectivity index (χ1n) is 9.12. The van der Waals surface area contributed by atoms with Gasteiger partial charge >= 0.3 is 0 Å². The summed E-state index contributed by atoms with van der Waals surface area (Å²) in [7, 11) is 0.